The lowest BCUT2D eigenvalue weighted by Crippen LogP contribution is -2.43. The molecule has 1 aromatic heterocycles. The summed E-state index contributed by atoms with van der Waals surface area (Å²) >= 11 is 11.8. The minimum absolute atomic E-state index is 0.00167. The molecule has 1 amide bonds. The number of nitrogens with zero attached hydrogens (tertiary/aromatic N) is 4. The summed E-state index contributed by atoms with van der Waals surface area (Å²) in [7, 11) is 1.57. The highest BCUT2D eigenvalue weighted by molar-refractivity contribution is 6.30. The Morgan fingerprint density at radius 3 is 2.48 bits per heavy atom. The molecule has 2 heterocycles. The van der Waals surface area contributed by atoms with E-state index in [1.54, 1.807) is 43.6 Å². The normalized spacial score (nSPS) is 16.9. The maximum Gasteiger partial charge on any atom is 0.294 e. The summed E-state index contributed by atoms with van der Waals surface area (Å²) in [6.45, 7) is 2.72. The molecule has 1 aliphatic heterocycles. The van der Waals surface area contributed by atoms with Gasteiger partial charge in [0.25, 0.3) is 5.70 Å². The molecule has 1 atom stereocenters. The van der Waals surface area contributed by atoms with Crippen molar-refractivity contribution in [2.45, 2.75) is 25.8 Å². The van der Waals surface area contributed by atoms with Gasteiger partial charge in [-0.2, -0.15) is 0 Å². The smallest absolute Gasteiger partial charge is 0.294 e. The van der Waals surface area contributed by atoms with E-state index in [-0.39, 0.29) is 22.9 Å². The Labute approximate surface area is 178 Å². The highest BCUT2D eigenvalue weighted by atomic mass is 35.5. The van der Waals surface area contributed by atoms with Crippen LogP contribution in [0.1, 0.15) is 30.4 Å². The van der Waals surface area contributed by atoms with E-state index in [9.17, 15) is 14.9 Å². The first kappa shape index (κ1) is 21.1. The Hall–Kier alpha value is -2.64. The molecule has 3 rings (SSSR count). The largest absolute Gasteiger partial charge is 0.348 e. The number of allylic oxidation sites excluding steroid dienone is 1. The van der Waals surface area contributed by atoms with Crippen LogP contribution in [0.25, 0.3) is 0 Å². The van der Waals surface area contributed by atoms with Gasteiger partial charge in [0.2, 0.25) is 5.91 Å². The van der Waals surface area contributed by atoms with Crippen molar-refractivity contribution in [2.75, 3.05) is 13.6 Å². The van der Waals surface area contributed by atoms with E-state index in [1.807, 2.05) is 17.9 Å². The predicted molar refractivity (Wildman–Crippen MR) is 111 cm³/mol. The molecular weight excluding hydrogens is 415 g/mol. The fourth-order valence-electron chi connectivity index (χ4n) is 3.46. The van der Waals surface area contributed by atoms with E-state index >= 15 is 0 Å². The van der Waals surface area contributed by atoms with Crippen LogP contribution in [-0.4, -0.2) is 39.2 Å². The maximum atomic E-state index is 12.7. The van der Waals surface area contributed by atoms with Crippen LogP contribution >= 0.6 is 23.2 Å². The third kappa shape index (κ3) is 4.52. The number of amides is 1. The van der Waals surface area contributed by atoms with Gasteiger partial charge in [-0.05, 0) is 36.2 Å². The third-order valence-corrected chi connectivity index (χ3v) is 5.42. The topological polar surface area (TPSA) is 79.6 Å². The van der Waals surface area contributed by atoms with Crippen LogP contribution < -0.4 is 0 Å². The molecule has 7 nitrogen and oxygen atoms in total. The number of halogens is 2. The van der Waals surface area contributed by atoms with Crippen LogP contribution in [0.15, 0.2) is 54.1 Å². The highest BCUT2D eigenvalue weighted by Crippen LogP contribution is 2.38. The third-order valence-electron chi connectivity index (χ3n) is 4.94. The first-order chi connectivity index (χ1) is 13.8. The molecule has 0 fully saturated rings. The number of benzene rings is 1. The number of nitro groups is 1. The fourth-order valence-corrected chi connectivity index (χ4v) is 3.70. The summed E-state index contributed by atoms with van der Waals surface area (Å²) in [4.78, 5) is 31.7. The van der Waals surface area contributed by atoms with Crippen molar-refractivity contribution in [3.05, 3.63) is 85.5 Å². The second-order valence-corrected chi connectivity index (χ2v) is 7.55. The Morgan fingerprint density at radius 1 is 1.24 bits per heavy atom. The summed E-state index contributed by atoms with van der Waals surface area (Å²) in [6.07, 6.45) is 1.65. The van der Waals surface area contributed by atoms with Crippen LogP contribution in [-0.2, 0) is 11.3 Å². The zero-order valence-corrected chi connectivity index (χ0v) is 17.5. The molecule has 2 aromatic rings. The van der Waals surface area contributed by atoms with Gasteiger partial charge in [0, 0.05) is 37.8 Å². The Kier molecular flexibility index (Phi) is 6.39. The molecule has 0 bridgehead atoms. The number of carbonyl (C=O) groups excluding carboxylic acids is 1. The number of carbonyl (C=O) groups is 1. The summed E-state index contributed by atoms with van der Waals surface area (Å²) in [5, 5.41) is 13.0. The minimum atomic E-state index is -0.654. The molecule has 0 radical (unpaired) electrons. The van der Waals surface area contributed by atoms with Gasteiger partial charge in [-0.25, -0.2) is 4.98 Å². The van der Waals surface area contributed by atoms with E-state index in [0.29, 0.717) is 34.6 Å². The molecule has 0 saturated heterocycles. The Morgan fingerprint density at radius 2 is 1.93 bits per heavy atom. The van der Waals surface area contributed by atoms with Gasteiger partial charge in [-0.3, -0.25) is 19.8 Å². The average Bonchev–Trinajstić information content (AvgIpc) is 2.70. The van der Waals surface area contributed by atoms with Crippen molar-refractivity contribution >= 4 is 29.1 Å². The van der Waals surface area contributed by atoms with Crippen LogP contribution in [0.3, 0.4) is 0 Å². The SMILES string of the molecule is CCN(Cc1ccc(Cl)nc1)C1=C([N+](=O)[O-])C(c2ccc(Cl)cc2)CC(=O)N1C. The van der Waals surface area contributed by atoms with E-state index in [0.717, 1.165) is 5.56 Å². The lowest BCUT2D eigenvalue weighted by atomic mass is 9.89. The molecule has 0 spiro atoms. The van der Waals surface area contributed by atoms with Gasteiger partial charge < -0.3 is 4.90 Å². The van der Waals surface area contributed by atoms with Crippen molar-refractivity contribution in [3.63, 3.8) is 0 Å². The molecular formula is C20H20Cl2N4O3. The minimum Gasteiger partial charge on any atom is -0.348 e. The van der Waals surface area contributed by atoms with E-state index in [1.165, 1.54) is 4.90 Å². The monoisotopic (exact) mass is 434 g/mol. The van der Waals surface area contributed by atoms with Crippen molar-refractivity contribution in [3.8, 4) is 0 Å². The van der Waals surface area contributed by atoms with Crippen molar-refractivity contribution < 1.29 is 9.72 Å². The van der Waals surface area contributed by atoms with Crippen molar-refractivity contribution in [2.24, 2.45) is 0 Å². The summed E-state index contributed by atoms with van der Waals surface area (Å²) in [5.41, 5.74) is 1.52. The first-order valence-corrected chi connectivity index (χ1v) is 9.83. The molecule has 1 aromatic carbocycles. The second-order valence-electron chi connectivity index (χ2n) is 6.73. The molecule has 0 N–H and O–H groups in total. The molecule has 0 saturated carbocycles. The average molecular weight is 435 g/mol. The lowest BCUT2D eigenvalue weighted by molar-refractivity contribution is -0.434. The number of hydrogen-bond donors (Lipinski definition) is 0. The summed E-state index contributed by atoms with van der Waals surface area (Å²) in [5.74, 6) is -0.541. The van der Waals surface area contributed by atoms with Gasteiger partial charge in [-0.1, -0.05) is 41.4 Å². The first-order valence-electron chi connectivity index (χ1n) is 9.07. The van der Waals surface area contributed by atoms with Crippen LogP contribution in [0.5, 0.6) is 0 Å². The number of pyridine rings is 1. The van der Waals surface area contributed by atoms with Gasteiger partial charge in [0.05, 0.1) is 10.8 Å². The standard InChI is InChI=1S/C20H20Cl2N4O3/c1-3-25(12-13-4-9-17(22)23-11-13)20-19(26(28)29)16(10-18(27)24(20)2)14-5-7-15(21)8-6-14/h4-9,11,16H,3,10,12H2,1-2H3. The molecule has 1 aliphatic rings. The highest BCUT2D eigenvalue weighted by Gasteiger charge is 2.42. The summed E-state index contributed by atoms with van der Waals surface area (Å²) < 4.78 is 0. The fraction of sp³-hybridized carbons (Fsp3) is 0.300. The van der Waals surface area contributed by atoms with Crippen molar-refractivity contribution in [1.82, 2.24) is 14.8 Å². The quantitative estimate of drug-likeness (QED) is 0.384. The van der Waals surface area contributed by atoms with Gasteiger partial charge in [0.15, 0.2) is 5.82 Å². The molecule has 0 aliphatic carbocycles. The van der Waals surface area contributed by atoms with Crippen LogP contribution in [0.2, 0.25) is 10.2 Å². The van der Waals surface area contributed by atoms with E-state index in [4.69, 9.17) is 23.2 Å². The molecule has 1 unspecified atom stereocenters. The van der Waals surface area contributed by atoms with Gasteiger partial charge in [0.1, 0.15) is 5.15 Å². The van der Waals surface area contributed by atoms with E-state index in [2.05, 4.69) is 4.98 Å². The number of rotatable bonds is 6. The van der Waals surface area contributed by atoms with Crippen LogP contribution in [0.4, 0.5) is 0 Å². The Bertz CT molecular complexity index is 945. The van der Waals surface area contributed by atoms with Crippen LogP contribution in [0, 0.1) is 10.1 Å². The van der Waals surface area contributed by atoms with E-state index < -0.39 is 5.92 Å². The molecule has 29 heavy (non-hydrogen) atoms. The van der Waals surface area contributed by atoms with Gasteiger partial charge in [-0.15, -0.1) is 0 Å². The lowest BCUT2D eigenvalue weighted by Gasteiger charge is -2.36. The second kappa shape index (κ2) is 8.80. The maximum absolute atomic E-state index is 12.7. The Balaban J connectivity index is 2.09. The number of aromatic nitrogens is 1. The zero-order valence-electron chi connectivity index (χ0n) is 16.0. The summed E-state index contributed by atoms with van der Waals surface area (Å²) in [6, 6.07) is 10.3. The molecule has 9 heteroatoms. The zero-order chi connectivity index (χ0) is 21.1. The number of hydrogen-bond acceptors (Lipinski definition) is 5. The van der Waals surface area contributed by atoms with Gasteiger partial charge >= 0.3 is 0 Å². The predicted octanol–water partition coefficient (Wildman–Crippen LogP) is 4.30. The van der Waals surface area contributed by atoms with Crippen molar-refractivity contribution in [1.29, 1.82) is 0 Å². The molecule has 152 valence electrons.